The normalized spacial score (nSPS) is 11.4. The Labute approximate surface area is 109 Å². The summed E-state index contributed by atoms with van der Waals surface area (Å²) in [6.07, 6.45) is 8.11. The minimum Gasteiger partial charge on any atom is -0.467 e. The number of anilines is 1. The van der Waals surface area contributed by atoms with Gasteiger partial charge in [0.05, 0.1) is 7.11 Å². The van der Waals surface area contributed by atoms with Crippen molar-refractivity contribution in [1.29, 1.82) is 0 Å². The topological polar surface area (TPSA) is 38.3 Å². The van der Waals surface area contributed by atoms with E-state index in [2.05, 4.69) is 18.2 Å². The molecule has 3 heteroatoms. The lowest BCUT2D eigenvalue weighted by molar-refractivity contribution is -0.141. The molecule has 1 atom stereocenters. The highest BCUT2D eigenvalue weighted by atomic mass is 16.5. The van der Waals surface area contributed by atoms with E-state index in [9.17, 15) is 4.79 Å². The molecule has 0 radical (unpaired) electrons. The van der Waals surface area contributed by atoms with E-state index >= 15 is 0 Å². The number of unbranched alkanes of at least 4 members (excludes halogenated alkanes) is 1. The molecule has 0 spiro atoms. The van der Waals surface area contributed by atoms with Gasteiger partial charge in [-0.2, -0.15) is 0 Å². The molecule has 0 fully saturated rings. The number of esters is 1. The number of carbonyl (C=O) groups excluding carboxylic acids is 1. The first-order valence-electron chi connectivity index (χ1n) is 6.12. The standard InChI is InChI=1S/C15H19NO2/c1-4-6-10-14(15(17)18-3)16-13-9-7-8-12(5-2)11-13/h2,7-9,11,14,16H,4,6,10H2,1,3H3. The summed E-state index contributed by atoms with van der Waals surface area (Å²) in [6, 6.07) is 7.14. The lowest BCUT2D eigenvalue weighted by atomic mass is 10.1. The van der Waals surface area contributed by atoms with Gasteiger partial charge in [-0.15, -0.1) is 6.42 Å². The highest BCUT2D eigenvalue weighted by Crippen LogP contribution is 2.14. The second-order valence-electron chi connectivity index (χ2n) is 4.09. The van der Waals surface area contributed by atoms with Crippen molar-refractivity contribution in [3.05, 3.63) is 29.8 Å². The highest BCUT2D eigenvalue weighted by Gasteiger charge is 2.18. The molecule has 18 heavy (non-hydrogen) atoms. The first-order chi connectivity index (χ1) is 8.71. The van der Waals surface area contributed by atoms with Crippen molar-refractivity contribution in [3.8, 4) is 12.3 Å². The molecule has 0 amide bonds. The van der Waals surface area contributed by atoms with Crippen LogP contribution < -0.4 is 5.32 Å². The Hall–Kier alpha value is -1.95. The molecule has 1 aromatic carbocycles. The molecule has 0 aliphatic carbocycles. The van der Waals surface area contributed by atoms with Crippen LogP contribution in [0.15, 0.2) is 24.3 Å². The first-order valence-corrected chi connectivity index (χ1v) is 6.12. The van der Waals surface area contributed by atoms with Crippen LogP contribution in [0.2, 0.25) is 0 Å². The third kappa shape index (κ3) is 4.14. The summed E-state index contributed by atoms with van der Waals surface area (Å²) in [5.41, 5.74) is 1.64. The molecule has 0 aromatic heterocycles. The van der Waals surface area contributed by atoms with Gasteiger partial charge in [-0.1, -0.05) is 31.8 Å². The molecule has 0 saturated heterocycles. The summed E-state index contributed by atoms with van der Waals surface area (Å²) < 4.78 is 4.80. The molecule has 1 unspecified atom stereocenters. The maximum Gasteiger partial charge on any atom is 0.328 e. The molecule has 1 rings (SSSR count). The predicted octanol–water partition coefficient (Wildman–Crippen LogP) is 2.81. The molecule has 3 nitrogen and oxygen atoms in total. The molecular weight excluding hydrogens is 226 g/mol. The Morgan fingerprint density at radius 3 is 2.94 bits per heavy atom. The molecule has 0 bridgehead atoms. The fourth-order valence-electron chi connectivity index (χ4n) is 1.70. The smallest absolute Gasteiger partial charge is 0.328 e. The van der Waals surface area contributed by atoms with E-state index < -0.39 is 0 Å². The van der Waals surface area contributed by atoms with Crippen LogP contribution in [-0.4, -0.2) is 19.1 Å². The van der Waals surface area contributed by atoms with E-state index in [1.807, 2.05) is 24.3 Å². The lowest BCUT2D eigenvalue weighted by Crippen LogP contribution is -2.30. The van der Waals surface area contributed by atoms with Crippen LogP contribution in [0, 0.1) is 12.3 Å². The van der Waals surface area contributed by atoms with Crippen molar-refractivity contribution < 1.29 is 9.53 Å². The zero-order valence-corrected chi connectivity index (χ0v) is 10.9. The van der Waals surface area contributed by atoms with Crippen molar-refractivity contribution in [2.24, 2.45) is 0 Å². The van der Waals surface area contributed by atoms with E-state index in [-0.39, 0.29) is 12.0 Å². The number of rotatable bonds is 6. The Bertz CT molecular complexity index is 434. The Morgan fingerprint density at radius 2 is 2.33 bits per heavy atom. The minimum atomic E-state index is -0.317. The average molecular weight is 245 g/mol. The quantitative estimate of drug-likeness (QED) is 0.618. The summed E-state index contributed by atoms with van der Waals surface area (Å²) in [5.74, 6) is 2.33. The monoisotopic (exact) mass is 245 g/mol. The third-order valence-corrected chi connectivity index (χ3v) is 2.70. The van der Waals surface area contributed by atoms with Crippen molar-refractivity contribution in [2.45, 2.75) is 32.2 Å². The first kappa shape index (κ1) is 14.1. The number of carbonyl (C=O) groups is 1. The van der Waals surface area contributed by atoms with Gasteiger partial charge in [-0.3, -0.25) is 0 Å². The van der Waals surface area contributed by atoms with Crippen molar-refractivity contribution >= 4 is 11.7 Å². The fraction of sp³-hybridized carbons (Fsp3) is 0.400. The summed E-state index contributed by atoms with van der Waals surface area (Å²) in [6.45, 7) is 2.09. The van der Waals surface area contributed by atoms with Crippen molar-refractivity contribution in [3.63, 3.8) is 0 Å². The van der Waals surface area contributed by atoms with E-state index in [0.717, 1.165) is 30.5 Å². The molecular formula is C15H19NO2. The van der Waals surface area contributed by atoms with Gasteiger partial charge in [0.25, 0.3) is 0 Å². The van der Waals surface area contributed by atoms with Crippen LogP contribution in [0.25, 0.3) is 0 Å². The van der Waals surface area contributed by atoms with E-state index in [1.54, 1.807) is 0 Å². The number of benzene rings is 1. The largest absolute Gasteiger partial charge is 0.467 e. The Morgan fingerprint density at radius 1 is 1.56 bits per heavy atom. The molecule has 0 aliphatic heterocycles. The average Bonchev–Trinajstić information content (AvgIpc) is 2.42. The van der Waals surface area contributed by atoms with E-state index in [0.29, 0.717) is 0 Å². The van der Waals surface area contributed by atoms with Crippen LogP contribution in [0.4, 0.5) is 5.69 Å². The molecule has 96 valence electrons. The number of hydrogen-bond acceptors (Lipinski definition) is 3. The number of terminal acetylenes is 1. The van der Waals surface area contributed by atoms with Gasteiger partial charge in [0, 0.05) is 11.3 Å². The van der Waals surface area contributed by atoms with Crippen LogP contribution in [-0.2, 0) is 9.53 Å². The molecule has 0 aliphatic rings. The van der Waals surface area contributed by atoms with Gasteiger partial charge in [-0.25, -0.2) is 4.79 Å². The zero-order chi connectivity index (χ0) is 13.4. The summed E-state index contributed by atoms with van der Waals surface area (Å²) in [4.78, 5) is 11.7. The maximum atomic E-state index is 11.7. The molecule has 1 N–H and O–H groups in total. The summed E-state index contributed by atoms with van der Waals surface area (Å²) in [5, 5.41) is 3.17. The second-order valence-corrected chi connectivity index (χ2v) is 4.09. The van der Waals surface area contributed by atoms with E-state index in [4.69, 9.17) is 11.2 Å². The Kier molecular flexibility index (Phi) is 5.79. The second kappa shape index (κ2) is 7.39. The molecule has 0 saturated carbocycles. The van der Waals surface area contributed by atoms with Crippen LogP contribution in [0.1, 0.15) is 31.7 Å². The van der Waals surface area contributed by atoms with Gasteiger partial charge in [0.1, 0.15) is 6.04 Å². The summed E-state index contributed by atoms with van der Waals surface area (Å²) >= 11 is 0. The highest BCUT2D eigenvalue weighted by molar-refractivity contribution is 5.79. The van der Waals surface area contributed by atoms with Crippen LogP contribution in [0.3, 0.4) is 0 Å². The summed E-state index contributed by atoms with van der Waals surface area (Å²) in [7, 11) is 1.40. The van der Waals surface area contributed by atoms with Gasteiger partial charge in [0.15, 0.2) is 0 Å². The number of methoxy groups -OCH3 is 1. The van der Waals surface area contributed by atoms with Gasteiger partial charge in [-0.05, 0) is 24.6 Å². The van der Waals surface area contributed by atoms with Crippen molar-refractivity contribution in [1.82, 2.24) is 0 Å². The predicted molar refractivity (Wildman–Crippen MR) is 73.3 cm³/mol. The van der Waals surface area contributed by atoms with Crippen LogP contribution >= 0.6 is 0 Å². The number of ether oxygens (including phenoxy) is 1. The van der Waals surface area contributed by atoms with Crippen molar-refractivity contribution in [2.75, 3.05) is 12.4 Å². The maximum absolute atomic E-state index is 11.7. The number of hydrogen-bond donors (Lipinski definition) is 1. The fourth-order valence-corrected chi connectivity index (χ4v) is 1.70. The number of nitrogens with one attached hydrogen (secondary N) is 1. The lowest BCUT2D eigenvalue weighted by Gasteiger charge is -2.17. The molecule has 0 heterocycles. The van der Waals surface area contributed by atoms with E-state index in [1.165, 1.54) is 7.11 Å². The van der Waals surface area contributed by atoms with Gasteiger partial charge < -0.3 is 10.1 Å². The minimum absolute atomic E-state index is 0.241. The zero-order valence-electron chi connectivity index (χ0n) is 10.9. The third-order valence-electron chi connectivity index (χ3n) is 2.70. The van der Waals surface area contributed by atoms with Crippen LogP contribution in [0.5, 0.6) is 0 Å². The van der Waals surface area contributed by atoms with Gasteiger partial charge in [0.2, 0.25) is 0 Å². The Balaban J connectivity index is 2.75. The molecule has 1 aromatic rings. The van der Waals surface area contributed by atoms with Gasteiger partial charge >= 0.3 is 5.97 Å². The SMILES string of the molecule is C#Cc1cccc(NC(CCCC)C(=O)OC)c1.